The lowest BCUT2D eigenvalue weighted by Gasteiger charge is -2.07. The van der Waals surface area contributed by atoms with Crippen molar-refractivity contribution in [3.8, 4) is 0 Å². The third-order valence-electron chi connectivity index (χ3n) is 2.47. The fourth-order valence-corrected chi connectivity index (χ4v) is 2.76. The molecule has 2 rings (SSSR count). The summed E-state index contributed by atoms with van der Waals surface area (Å²) in [6.45, 7) is 2.14. The first kappa shape index (κ1) is 16.9. The van der Waals surface area contributed by atoms with Crippen molar-refractivity contribution in [1.82, 2.24) is 9.97 Å². The zero-order valence-corrected chi connectivity index (χ0v) is 14.1. The summed E-state index contributed by atoms with van der Waals surface area (Å²) in [5.74, 6) is 1.12. The molecule has 8 heteroatoms. The van der Waals surface area contributed by atoms with Crippen LogP contribution in [0.25, 0.3) is 0 Å². The number of anilines is 2. The van der Waals surface area contributed by atoms with Crippen LogP contribution >= 0.6 is 35.0 Å². The minimum absolute atomic E-state index is 0.0464. The molecule has 0 saturated carbocycles. The maximum absolute atomic E-state index is 11.9. The van der Waals surface area contributed by atoms with E-state index >= 15 is 0 Å². The molecule has 0 aliphatic heterocycles. The Morgan fingerprint density at radius 1 is 1.14 bits per heavy atom. The molecule has 116 valence electrons. The second kappa shape index (κ2) is 8.22. The highest BCUT2D eigenvalue weighted by Gasteiger charge is 2.07. The van der Waals surface area contributed by atoms with Crippen molar-refractivity contribution in [2.75, 3.05) is 16.4 Å². The number of halogens is 2. The molecule has 0 spiro atoms. The van der Waals surface area contributed by atoms with Crippen LogP contribution in [0.5, 0.6) is 0 Å². The number of hydrogen-bond donors (Lipinski definition) is 2. The molecule has 2 N–H and O–H groups in total. The second-order valence-electron chi connectivity index (χ2n) is 4.29. The number of nitrogens with one attached hydrogen (secondary N) is 2. The predicted octanol–water partition coefficient (Wildman–Crippen LogP) is 4.93. The van der Waals surface area contributed by atoms with Crippen LogP contribution in [0.1, 0.15) is 13.3 Å². The zero-order chi connectivity index (χ0) is 15.9. The van der Waals surface area contributed by atoms with Crippen LogP contribution in [0.3, 0.4) is 0 Å². The molecule has 2 aromatic rings. The molecule has 1 heterocycles. The molecule has 0 radical (unpaired) electrons. The van der Waals surface area contributed by atoms with Crippen molar-refractivity contribution in [3.63, 3.8) is 0 Å². The standard InChI is InChI=1S/C14H14Cl2N4OS/c1-2-7-22-10-5-3-9(4-6-10)17-14(21)20-13-18-11(15)8-12(16)19-13/h3-6,8H,2,7H2,1H3,(H2,17,18,19,20,21). The molecule has 0 aliphatic rings. The van der Waals surface area contributed by atoms with E-state index in [0.717, 1.165) is 17.1 Å². The van der Waals surface area contributed by atoms with E-state index in [2.05, 4.69) is 27.5 Å². The van der Waals surface area contributed by atoms with Gasteiger partial charge in [-0.3, -0.25) is 5.32 Å². The molecule has 0 fully saturated rings. The Bertz CT molecular complexity index is 632. The molecule has 22 heavy (non-hydrogen) atoms. The van der Waals surface area contributed by atoms with Crippen LogP contribution < -0.4 is 10.6 Å². The first-order chi connectivity index (χ1) is 10.6. The Labute approximate surface area is 142 Å². The summed E-state index contributed by atoms with van der Waals surface area (Å²) >= 11 is 13.3. The maximum Gasteiger partial charge on any atom is 0.326 e. The summed E-state index contributed by atoms with van der Waals surface area (Å²) in [5.41, 5.74) is 0.673. The van der Waals surface area contributed by atoms with Gasteiger partial charge in [0.1, 0.15) is 10.3 Å². The van der Waals surface area contributed by atoms with Crippen molar-refractivity contribution in [3.05, 3.63) is 40.6 Å². The molecular weight excluding hydrogens is 343 g/mol. The minimum atomic E-state index is -0.465. The molecule has 1 aromatic heterocycles. The predicted molar refractivity (Wildman–Crippen MR) is 92.2 cm³/mol. The van der Waals surface area contributed by atoms with Crippen LogP contribution in [0.15, 0.2) is 35.2 Å². The Kier molecular flexibility index (Phi) is 6.30. The summed E-state index contributed by atoms with van der Waals surface area (Å²) in [6.07, 6.45) is 1.12. The molecule has 1 aromatic carbocycles. The highest BCUT2D eigenvalue weighted by Crippen LogP contribution is 2.21. The van der Waals surface area contributed by atoms with E-state index in [1.807, 2.05) is 24.3 Å². The highest BCUT2D eigenvalue weighted by molar-refractivity contribution is 7.99. The second-order valence-corrected chi connectivity index (χ2v) is 6.23. The number of carbonyl (C=O) groups excluding carboxylic acids is 1. The van der Waals surface area contributed by atoms with Crippen molar-refractivity contribution in [2.24, 2.45) is 0 Å². The number of carbonyl (C=O) groups is 1. The molecule has 0 atom stereocenters. The SMILES string of the molecule is CCCSc1ccc(NC(=O)Nc2nc(Cl)cc(Cl)n2)cc1. The largest absolute Gasteiger partial charge is 0.326 e. The van der Waals surface area contributed by atoms with Crippen LogP contribution in [0.4, 0.5) is 16.4 Å². The lowest BCUT2D eigenvalue weighted by Crippen LogP contribution is -2.20. The summed E-state index contributed by atoms with van der Waals surface area (Å²) in [6, 6.07) is 8.52. The average molecular weight is 357 g/mol. The van der Waals surface area contributed by atoms with Crippen LogP contribution in [0.2, 0.25) is 10.3 Å². The van der Waals surface area contributed by atoms with E-state index in [4.69, 9.17) is 23.2 Å². The number of benzene rings is 1. The third-order valence-corrected chi connectivity index (χ3v) is 4.08. The Morgan fingerprint density at radius 2 is 1.77 bits per heavy atom. The Hall–Kier alpha value is -1.50. The van der Waals surface area contributed by atoms with Crippen molar-refractivity contribution < 1.29 is 4.79 Å². The molecule has 5 nitrogen and oxygen atoms in total. The molecular formula is C14H14Cl2N4OS. The van der Waals surface area contributed by atoms with Gasteiger partial charge in [-0.05, 0) is 36.4 Å². The quantitative estimate of drug-likeness (QED) is 0.588. The lowest BCUT2D eigenvalue weighted by atomic mass is 10.3. The average Bonchev–Trinajstić information content (AvgIpc) is 2.45. The van der Waals surface area contributed by atoms with Crippen molar-refractivity contribution in [2.45, 2.75) is 18.2 Å². The number of rotatable bonds is 5. The summed E-state index contributed by atoms with van der Waals surface area (Å²) in [4.78, 5) is 20.7. The van der Waals surface area contributed by atoms with Gasteiger partial charge in [0.15, 0.2) is 0 Å². The van der Waals surface area contributed by atoms with E-state index < -0.39 is 6.03 Å². The van der Waals surface area contributed by atoms with Gasteiger partial charge in [-0.25, -0.2) is 14.8 Å². The zero-order valence-electron chi connectivity index (χ0n) is 11.8. The van der Waals surface area contributed by atoms with Gasteiger partial charge < -0.3 is 5.32 Å². The van der Waals surface area contributed by atoms with Crippen LogP contribution in [-0.4, -0.2) is 21.8 Å². The summed E-state index contributed by atoms with van der Waals surface area (Å²) in [5, 5.41) is 5.48. The Balaban J connectivity index is 1.93. The number of urea groups is 1. The van der Waals surface area contributed by atoms with E-state index in [0.29, 0.717) is 5.69 Å². The van der Waals surface area contributed by atoms with Crippen molar-refractivity contribution >= 4 is 52.6 Å². The first-order valence-electron chi connectivity index (χ1n) is 6.58. The number of nitrogens with zero attached hydrogens (tertiary/aromatic N) is 2. The number of aromatic nitrogens is 2. The fraction of sp³-hybridized carbons (Fsp3) is 0.214. The summed E-state index contributed by atoms with van der Waals surface area (Å²) in [7, 11) is 0. The minimum Gasteiger partial charge on any atom is -0.308 e. The van der Waals surface area contributed by atoms with E-state index in [9.17, 15) is 4.79 Å². The van der Waals surface area contributed by atoms with Gasteiger partial charge in [0.25, 0.3) is 0 Å². The van der Waals surface area contributed by atoms with E-state index in [1.54, 1.807) is 11.8 Å². The fourth-order valence-electron chi connectivity index (χ4n) is 1.56. The van der Waals surface area contributed by atoms with Gasteiger partial charge in [0.05, 0.1) is 0 Å². The Morgan fingerprint density at radius 3 is 2.36 bits per heavy atom. The van der Waals surface area contributed by atoms with Gasteiger partial charge >= 0.3 is 6.03 Å². The molecule has 0 unspecified atom stereocenters. The van der Waals surface area contributed by atoms with E-state index in [1.165, 1.54) is 6.07 Å². The monoisotopic (exact) mass is 356 g/mol. The van der Waals surface area contributed by atoms with Crippen molar-refractivity contribution in [1.29, 1.82) is 0 Å². The maximum atomic E-state index is 11.9. The van der Waals surface area contributed by atoms with Crippen LogP contribution in [-0.2, 0) is 0 Å². The third kappa shape index (κ3) is 5.36. The number of amides is 2. The van der Waals surface area contributed by atoms with Gasteiger partial charge in [0, 0.05) is 16.6 Å². The van der Waals surface area contributed by atoms with Gasteiger partial charge in [-0.15, -0.1) is 11.8 Å². The molecule has 0 aliphatic carbocycles. The van der Waals surface area contributed by atoms with Crippen LogP contribution in [0, 0.1) is 0 Å². The topological polar surface area (TPSA) is 66.9 Å². The lowest BCUT2D eigenvalue weighted by molar-refractivity contribution is 0.262. The highest BCUT2D eigenvalue weighted by atomic mass is 35.5. The normalized spacial score (nSPS) is 10.3. The molecule has 2 amide bonds. The van der Waals surface area contributed by atoms with Gasteiger partial charge in [0.2, 0.25) is 5.95 Å². The van der Waals surface area contributed by atoms with Gasteiger partial charge in [-0.2, -0.15) is 0 Å². The number of thioether (sulfide) groups is 1. The molecule has 0 bridgehead atoms. The smallest absolute Gasteiger partial charge is 0.308 e. The molecule has 0 saturated heterocycles. The number of hydrogen-bond acceptors (Lipinski definition) is 4. The van der Waals surface area contributed by atoms with E-state index in [-0.39, 0.29) is 16.3 Å². The first-order valence-corrected chi connectivity index (χ1v) is 8.32. The van der Waals surface area contributed by atoms with Gasteiger partial charge in [-0.1, -0.05) is 30.1 Å². The summed E-state index contributed by atoms with van der Waals surface area (Å²) < 4.78 is 0.